The number of hydrogen-bond donors (Lipinski definition) is 1. The third kappa shape index (κ3) is 3.22. The molecule has 2 unspecified atom stereocenters. The van der Waals surface area contributed by atoms with E-state index in [0.717, 1.165) is 24.3 Å². The molecule has 2 rings (SSSR count). The Bertz CT molecular complexity index is 394. The molecular weight excluding hydrogens is 229 g/mol. The first kappa shape index (κ1) is 13.3. The van der Waals surface area contributed by atoms with Crippen LogP contribution in [0.25, 0.3) is 0 Å². The molecule has 0 aromatic heterocycles. The fourth-order valence-electron chi connectivity index (χ4n) is 2.67. The molecule has 1 fully saturated rings. The molecule has 0 saturated heterocycles. The van der Waals surface area contributed by atoms with Crippen LogP contribution in [-0.4, -0.2) is 6.10 Å². The van der Waals surface area contributed by atoms with E-state index in [1.807, 2.05) is 6.07 Å². The minimum absolute atomic E-state index is 0.168. The SMILES string of the molecule is CCC1CCCC(Oc2ccc(CN)cc2F)C1. The van der Waals surface area contributed by atoms with Crippen molar-refractivity contribution in [2.45, 2.75) is 51.7 Å². The van der Waals surface area contributed by atoms with Crippen LogP contribution in [-0.2, 0) is 6.54 Å². The van der Waals surface area contributed by atoms with Crippen LogP contribution in [0, 0.1) is 11.7 Å². The maximum atomic E-state index is 13.8. The van der Waals surface area contributed by atoms with Gasteiger partial charge < -0.3 is 10.5 Å². The van der Waals surface area contributed by atoms with Crippen molar-refractivity contribution < 1.29 is 9.13 Å². The van der Waals surface area contributed by atoms with Crippen molar-refractivity contribution in [2.75, 3.05) is 0 Å². The lowest BCUT2D eigenvalue weighted by molar-refractivity contribution is 0.117. The number of ether oxygens (including phenoxy) is 1. The number of halogens is 1. The third-order valence-corrected chi connectivity index (χ3v) is 3.84. The van der Waals surface area contributed by atoms with Crippen molar-refractivity contribution in [2.24, 2.45) is 11.7 Å². The predicted octanol–water partition coefficient (Wildman–Crippen LogP) is 3.63. The molecule has 1 aromatic carbocycles. The van der Waals surface area contributed by atoms with Gasteiger partial charge >= 0.3 is 0 Å². The van der Waals surface area contributed by atoms with Gasteiger partial charge in [0.1, 0.15) is 0 Å². The zero-order chi connectivity index (χ0) is 13.0. The van der Waals surface area contributed by atoms with Crippen molar-refractivity contribution in [3.05, 3.63) is 29.6 Å². The summed E-state index contributed by atoms with van der Waals surface area (Å²) in [6.45, 7) is 2.57. The van der Waals surface area contributed by atoms with Gasteiger partial charge in [-0.1, -0.05) is 25.8 Å². The zero-order valence-corrected chi connectivity index (χ0v) is 11.0. The van der Waals surface area contributed by atoms with Crippen LogP contribution in [0.4, 0.5) is 4.39 Å². The van der Waals surface area contributed by atoms with E-state index < -0.39 is 0 Å². The number of rotatable bonds is 4. The van der Waals surface area contributed by atoms with Crippen LogP contribution in [0.3, 0.4) is 0 Å². The largest absolute Gasteiger partial charge is 0.487 e. The molecule has 0 bridgehead atoms. The lowest BCUT2D eigenvalue weighted by atomic mass is 9.85. The van der Waals surface area contributed by atoms with Gasteiger partial charge in [-0.15, -0.1) is 0 Å². The van der Waals surface area contributed by atoms with E-state index in [2.05, 4.69) is 6.92 Å². The van der Waals surface area contributed by atoms with Gasteiger partial charge in [0.15, 0.2) is 11.6 Å². The molecule has 3 heteroatoms. The first-order chi connectivity index (χ1) is 8.72. The van der Waals surface area contributed by atoms with E-state index in [0.29, 0.717) is 12.3 Å². The van der Waals surface area contributed by atoms with Crippen LogP contribution in [0.5, 0.6) is 5.75 Å². The fourth-order valence-corrected chi connectivity index (χ4v) is 2.67. The molecule has 1 saturated carbocycles. The number of benzene rings is 1. The van der Waals surface area contributed by atoms with Gasteiger partial charge in [0.25, 0.3) is 0 Å². The molecule has 2 atom stereocenters. The Morgan fingerprint density at radius 1 is 1.39 bits per heavy atom. The van der Waals surface area contributed by atoms with Gasteiger partial charge in [-0.25, -0.2) is 4.39 Å². The van der Waals surface area contributed by atoms with Crippen molar-refractivity contribution >= 4 is 0 Å². The van der Waals surface area contributed by atoms with Crippen LogP contribution in [0.15, 0.2) is 18.2 Å². The molecule has 1 aliphatic rings. The van der Waals surface area contributed by atoms with Gasteiger partial charge in [0.05, 0.1) is 6.10 Å². The fraction of sp³-hybridized carbons (Fsp3) is 0.600. The second kappa shape index (κ2) is 6.19. The molecule has 100 valence electrons. The molecule has 2 nitrogen and oxygen atoms in total. The molecule has 0 radical (unpaired) electrons. The second-order valence-electron chi connectivity index (χ2n) is 5.15. The van der Waals surface area contributed by atoms with Gasteiger partial charge in [-0.2, -0.15) is 0 Å². The van der Waals surface area contributed by atoms with E-state index in [1.54, 1.807) is 6.07 Å². The van der Waals surface area contributed by atoms with Crippen molar-refractivity contribution in [1.82, 2.24) is 0 Å². The molecule has 0 spiro atoms. The predicted molar refractivity (Wildman–Crippen MR) is 71.0 cm³/mol. The average molecular weight is 251 g/mol. The van der Waals surface area contributed by atoms with Crippen molar-refractivity contribution in [3.63, 3.8) is 0 Å². The molecule has 2 N–H and O–H groups in total. The van der Waals surface area contributed by atoms with Gasteiger partial charge in [0, 0.05) is 6.54 Å². The number of nitrogens with two attached hydrogens (primary N) is 1. The maximum absolute atomic E-state index is 13.8. The summed E-state index contributed by atoms with van der Waals surface area (Å²) in [5.74, 6) is 0.806. The Kier molecular flexibility index (Phi) is 4.59. The van der Waals surface area contributed by atoms with Crippen LogP contribution in [0.2, 0.25) is 0 Å². The standard InChI is InChI=1S/C15H22FNO/c1-2-11-4-3-5-13(8-11)18-15-7-6-12(10-17)9-14(15)16/h6-7,9,11,13H,2-5,8,10,17H2,1H3. The zero-order valence-electron chi connectivity index (χ0n) is 11.0. The van der Waals surface area contributed by atoms with E-state index in [4.69, 9.17) is 10.5 Å². The molecule has 0 aliphatic heterocycles. The Morgan fingerprint density at radius 2 is 2.22 bits per heavy atom. The lowest BCUT2D eigenvalue weighted by Gasteiger charge is -2.29. The summed E-state index contributed by atoms with van der Waals surface area (Å²) in [6.07, 6.45) is 5.91. The average Bonchev–Trinajstić information content (AvgIpc) is 2.41. The molecule has 0 amide bonds. The molecule has 1 aliphatic carbocycles. The van der Waals surface area contributed by atoms with Gasteiger partial charge in [-0.05, 0) is 42.9 Å². The summed E-state index contributed by atoms with van der Waals surface area (Å²) in [7, 11) is 0. The Hall–Kier alpha value is -1.09. The molecule has 1 aromatic rings. The number of hydrogen-bond acceptors (Lipinski definition) is 2. The summed E-state index contributed by atoms with van der Waals surface area (Å²) >= 11 is 0. The molecule has 0 heterocycles. The minimum Gasteiger partial charge on any atom is -0.487 e. The summed E-state index contributed by atoms with van der Waals surface area (Å²) in [4.78, 5) is 0. The Labute approximate surface area is 108 Å². The van der Waals surface area contributed by atoms with Gasteiger partial charge in [0.2, 0.25) is 0 Å². The van der Waals surface area contributed by atoms with Crippen LogP contribution in [0.1, 0.15) is 44.6 Å². The van der Waals surface area contributed by atoms with E-state index in [-0.39, 0.29) is 11.9 Å². The normalized spacial score (nSPS) is 23.9. The summed E-state index contributed by atoms with van der Waals surface area (Å²) in [6, 6.07) is 5.00. The third-order valence-electron chi connectivity index (χ3n) is 3.84. The topological polar surface area (TPSA) is 35.2 Å². The summed E-state index contributed by atoms with van der Waals surface area (Å²) < 4.78 is 19.6. The summed E-state index contributed by atoms with van der Waals surface area (Å²) in [5, 5.41) is 0. The minimum atomic E-state index is -0.295. The highest BCUT2D eigenvalue weighted by atomic mass is 19.1. The van der Waals surface area contributed by atoms with Crippen molar-refractivity contribution in [3.8, 4) is 5.75 Å². The first-order valence-corrected chi connectivity index (χ1v) is 6.88. The second-order valence-corrected chi connectivity index (χ2v) is 5.15. The first-order valence-electron chi connectivity index (χ1n) is 6.88. The highest BCUT2D eigenvalue weighted by Gasteiger charge is 2.22. The van der Waals surface area contributed by atoms with E-state index in [9.17, 15) is 4.39 Å². The van der Waals surface area contributed by atoms with E-state index in [1.165, 1.54) is 25.3 Å². The lowest BCUT2D eigenvalue weighted by Crippen LogP contribution is -2.25. The van der Waals surface area contributed by atoms with Crippen LogP contribution < -0.4 is 10.5 Å². The van der Waals surface area contributed by atoms with E-state index >= 15 is 0 Å². The van der Waals surface area contributed by atoms with Crippen LogP contribution >= 0.6 is 0 Å². The molecule has 18 heavy (non-hydrogen) atoms. The monoisotopic (exact) mass is 251 g/mol. The smallest absolute Gasteiger partial charge is 0.165 e. The Balaban J connectivity index is 2.00. The van der Waals surface area contributed by atoms with Crippen molar-refractivity contribution in [1.29, 1.82) is 0 Å². The van der Waals surface area contributed by atoms with Gasteiger partial charge in [-0.3, -0.25) is 0 Å². The highest BCUT2D eigenvalue weighted by Crippen LogP contribution is 2.30. The molecular formula is C15H22FNO. The maximum Gasteiger partial charge on any atom is 0.165 e. The Morgan fingerprint density at radius 3 is 2.89 bits per heavy atom. The highest BCUT2D eigenvalue weighted by molar-refractivity contribution is 5.29. The summed E-state index contributed by atoms with van der Waals surface area (Å²) in [5.41, 5.74) is 6.28. The quantitative estimate of drug-likeness (QED) is 0.886.